The van der Waals surface area contributed by atoms with E-state index in [2.05, 4.69) is 19.9 Å². The molecule has 2 aromatic heterocycles. The van der Waals surface area contributed by atoms with E-state index >= 15 is 0 Å². The zero-order valence-corrected chi connectivity index (χ0v) is 12.9. The minimum atomic E-state index is -0.308. The third-order valence-electron chi connectivity index (χ3n) is 4.77. The highest BCUT2D eigenvalue weighted by Gasteiger charge is 2.26. The van der Waals surface area contributed by atoms with Gasteiger partial charge in [-0.1, -0.05) is 0 Å². The molecule has 2 N–H and O–H groups in total. The Morgan fingerprint density at radius 2 is 2.22 bits per heavy atom. The first kappa shape index (κ1) is 14.2. The first-order valence-corrected chi connectivity index (χ1v) is 8.25. The standard InChI is InChI=1S/C17H20N4O2/c22-16(13-5-6-14(11-3-4-11)20-17(13)23)19-10-12-2-1-8-21-9-7-18-15(12)21/h5-7,9,11-12H,1-4,8,10H2,(H,19,22)(H,20,23). The molecule has 1 amide bonds. The maximum Gasteiger partial charge on any atom is 0.261 e. The average Bonchev–Trinajstić information content (AvgIpc) is 3.29. The van der Waals surface area contributed by atoms with E-state index in [0.29, 0.717) is 12.5 Å². The number of hydrogen-bond acceptors (Lipinski definition) is 3. The highest BCUT2D eigenvalue weighted by atomic mass is 16.2. The van der Waals surface area contributed by atoms with Crippen LogP contribution in [0, 0.1) is 0 Å². The number of hydrogen-bond donors (Lipinski definition) is 2. The number of aryl methyl sites for hydroxylation is 1. The molecule has 0 saturated heterocycles. The zero-order chi connectivity index (χ0) is 15.8. The topological polar surface area (TPSA) is 79.8 Å². The van der Waals surface area contributed by atoms with Gasteiger partial charge in [-0.3, -0.25) is 9.59 Å². The third kappa shape index (κ3) is 2.81. The third-order valence-corrected chi connectivity index (χ3v) is 4.77. The Morgan fingerprint density at radius 3 is 3.00 bits per heavy atom. The van der Waals surface area contributed by atoms with Gasteiger partial charge in [0.1, 0.15) is 11.4 Å². The van der Waals surface area contributed by atoms with Gasteiger partial charge in [0.2, 0.25) is 0 Å². The summed E-state index contributed by atoms with van der Waals surface area (Å²) in [6, 6.07) is 3.50. The summed E-state index contributed by atoms with van der Waals surface area (Å²) < 4.78 is 2.14. The Morgan fingerprint density at radius 1 is 1.35 bits per heavy atom. The number of rotatable bonds is 4. The van der Waals surface area contributed by atoms with Crippen molar-refractivity contribution >= 4 is 5.91 Å². The number of carbonyl (C=O) groups is 1. The summed E-state index contributed by atoms with van der Waals surface area (Å²) in [4.78, 5) is 31.6. The van der Waals surface area contributed by atoms with E-state index < -0.39 is 0 Å². The van der Waals surface area contributed by atoms with Crippen LogP contribution in [-0.4, -0.2) is 27.0 Å². The lowest BCUT2D eigenvalue weighted by atomic mass is 9.99. The highest BCUT2D eigenvalue weighted by Crippen LogP contribution is 2.38. The van der Waals surface area contributed by atoms with Crippen LogP contribution in [0.25, 0.3) is 0 Å². The van der Waals surface area contributed by atoms with Crippen LogP contribution < -0.4 is 10.9 Å². The number of amides is 1. The van der Waals surface area contributed by atoms with Crippen molar-refractivity contribution in [1.82, 2.24) is 19.9 Å². The summed E-state index contributed by atoms with van der Waals surface area (Å²) in [5, 5.41) is 2.89. The van der Waals surface area contributed by atoms with Crippen LogP contribution in [0.15, 0.2) is 29.3 Å². The maximum atomic E-state index is 12.3. The lowest BCUT2D eigenvalue weighted by molar-refractivity contribution is 0.0948. The van der Waals surface area contributed by atoms with Crippen molar-refractivity contribution < 1.29 is 4.79 Å². The smallest absolute Gasteiger partial charge is 0.261 e. The molecule has 1 aliphatic heterocycles. The van der Waals surface area contributed by atoms with Crippen LogP contribution in [0.5, 0.6) is 0 Å². The molecule has 1 aliphatic carbocycles. The van der Waals surface area contributed by atoms with Crippen LogP contribution in [-0.2, 0) is 6.54 Å². The Kier molecular flexibility index (Phi) is 3.52. The number of fused-ring (bicyclic) bond motifs is 1. The number of imidazole rings is 1. The second kappa shape index (κ2) is 5.68. The molecule has 1 atom stereocenters. The van der Waals surface area contributed by atoms with E-state index in [1.165, 1.54) is 0 Å². The zero-order valence-electron chi connectivity index (χ0n) is 12.9. The quantitative estimate of drug-likeness (QED) is 0.902. The summed E-state index contributed by atoms with van der Waals surface area (Å²) in [5.74, 6) is 1.40. The van der Waals surface area contributed by atoms with E-state index in [9.17, 15) is 9.59 Å². The molecular weight excluding hydrogens is 292 g/mol. The number of aromatic nitrogens is 3. The molecule has 23 heavy (non-hydrogen) atoms. The van der Waals surface area contributed by atoms with Crippen molar-refractivity contribution in [3.8, 4) is 0 Å². The fourth-order valence-corrected chi connectivity index (χ4v) is 3.31. The molecule has 2 aliphatic rings. The van der Waals surface area contributed by atoms with Crippen LogP contribution in [0.1, 0.15) is 59.4 Å². The molecule has 120 valence electrons. The van der Waals surface area contributed by atoms with Gasteiger partial charge in [0.25, 0.3) is 11.5 Å². The molecule has 0 radical (unpaired) electrons. The van der Waals surface area contributed by atoms with Gasteiger partial charge in [-0.05, 0) is 43.7 Å². The normalized spacial score (nSPS) is 20.1. The number of pyridine rings is 1. The molecule has 6 heteroatoms. The summed E-state index contributed by atoms with van der Waals surface area (Å²) in [5.41, 5.74) is 0.839. The van der Waals surface area contributed by atoms with Crippen LogP contribution in [0.3, 0.4) is 0 Å². The van der Waals surface area contributed by atoms with Gasteiger partial charge in [0.15, 0.2) is 0 Å². The van der Waals surface area contributed by atoms with Crippen molar-refractivity contribution in [2.75, 3.05) is 6.54 Å². The second-order valence-corrected chi connectivity index (χ2v) is 6.46. The SMILES string of the molecule is O=C(NCC1CCCn2ccnc21)c1ccc(C2CC2)[nH]c1=O. The predicted molar refractivity (Wildman–Crippen MR) is 85.6 cm³/mol. The lowest BCUT2D eigenvalue weighted by Gasteiger charge is -2.23. The summed E-state index contributed by atoms with van der Waals surface area (Å²) in [6.07, 6.45) is 8.11. The number of nitrogens with one attached hydrogen (secondary N) is 2. The van der Waals surface area contributed by atoms with E-state index in [0.717, 1.165) is 43.7 Å². The minimum absolute atomic E-state index is 0.188. The van der Waals surface area contributed by atoms with Gasteiger partial charge in [-0.25, -0.2) is 4.98 Å². The summed E-state index contributed by atoms with van der Waals surface area (Å²) in [6.45, 7) is 1.50. The van der Waals surface area contributed by atoms with Gasteiger partial charge in [-0.15, -0.1) is 0 Å². The van der Waals surface area contributed by atoms with Crippen molar-refractivity contribution in [3.05, 3.63) is 52.0 Å². The average molecular weight is 312 g/mol. The molecule has 6 nitrogen and oxygen atoms in total. The highest BCUT2D eigenvalue weighted by molar-refractivity contribution is 5.93. The summed E-state index contributed by atoms with van der Waals surface area (Å²) in [7, 11) is 0. The van der Waals surface area contributed by atoms with Crippen molar-refractivity contribution in [2.24, 2.45) is 0 Å². The Balaban J connectivity index is 1.44. The first-order valence-electron chi connectivity index (χ1n) is 8.25. The molecule has 2 aromatic rings. The van der Waals surface area contributed by atoms with Crippen LogP contribution in [0.4, 0.5) is 0 Å². The molecule has 4 rings (SSSR count). The maximum absolute atomic E-state index is 12.3. The fraction of sp³-hybridized carbons (Fsp3) is 0.471. The number of carbonyl (C=O) groups excluding carboxylic acids is 1. The molecule has 0 spiro atoms. The van der Waals surface area contributed by atoms with Crippen molar-refractivity contribution in [3.63, 3.8) is 0 Å². The number of H-pyrrole nitrogens is 1. The van der Waals surface area contributed by atoms with Gasteiger partial charge in [0, 0.05) is 37.1 Å². The van der Waals surface area contributed by atoms with Gasteiger partial charge >= 0.3 is 0 Å². The largest absolute Gasteiger partial charge is 0.351 e. The van der Waals surface area contributed by atoms with Gasteiger partial charge in [0.05, 0.1) is 0 Å². The first-order chi connectivity index (χ1) is 11.2. The molecule has 0 bridgehead atoms. The molecule has 1 unspecified atom stereocenters. The van der Waals surface area contributed by atoms with Crippen molar-refractivity contribution in [2.45, 2.75) is 44.1 Å². The predicted octanol–water partition coefficient (Wildman–Crippen LogP) is 1.76. The fourth-order valence-electron chi connectivity index (χ4n) is 3.31. The monoisotopic (exact) mass is 312 g/mol. The molecule has 3 heterocycles. The van der Waals surface area contributed by atoms with Gasteiger partial charge in [-0.2, -0.15) is 0 Å². The van der Waals surface area contributed by atoms with Gasteiger partial charge < -0.3 is 14.9 Å². The summed E-state index contributed by atoms with van der Waals surface area (Å²) >= 11 is 0. The molecule has 0 aromatic carbocycles. The molecule has 1 fully saturated rings. The van der Waals surface area contributed by atoms with E-state index in [1.54, 1.807) is 12.3 Å². The molecular formula is C17H20N4O2. The lowest BCUT2D eigenvalue weighted by Crippen LogP contribution is -2.34. The van der Waals surface area contributed by atoms with E-state index in [-0.39, 0.29) is 22.9 Å². The van der Waals surface area contributed by atoms with E-state index in [1.807, 2.05) is 12.3 Å². The Labute approximate surface area is 133 Å². The van der Waals surface area contributed by atoms with Crippen molar-refractivity contribution in [1.29, 1.82) is 0 Å². The molecule has 1 saturated carbocycles. The van der Waals surface area contributed by atoms with Crippen LogP contribution in [0.2, 0.25) is 0 Å². The Hall–Kier alpha value is -2.37. The van der Waals surface area contributed by atoms with E-state index in [4.69, 9.17) is 0 Å². The second-order valence-electron chi connectivity index (χ2n) is 6.46. The number of aromatic amines is 1. The Bertz CT molecular complexity index is 788. The van der Waals surface area contributed by atoms with Crippen LogP contribution >= 0.6 is 0 Å². The number of nitrogens with zero attached hydrogens (tertiary/aromatic N) is 2. The minimum Gasteiger partial charge on any atom is -0.351 e.